The van der Waals surface area contributed by atoms with Crippen LogP contribution in [0.15, 0.2) is 23.4 Å². The van der Waals surface area contributed by atoms with Gasteiger partial charge >= 0.3 is 0 Å². The van der Waals surface area contributed by atoms with Crippen molar-refractivity contribution in [2.45, 2.75) is 30.0 Å². The number of hydrogen-bond acceptors (Lipinski definition) is 5. The molecule has 0 aromatic carbocycles. The highest BCUT2D eigenvalue weighted by Gasteiger charge is 2.23. The van der Waals surface area contributed by atoms with Gasteiger partial charge in [-0.15, -0.1) is 11.8 Å². The molecule has 2 rings (SSSR count). The summed E-state index contributed by atoms with van der Waals surface area (Å²) in [6.07, 6.45) is 4.66. The lowest BCUT2D eigenvalue weighted by atomic mass is 10.1. The molecule has 0 spiro atoms. The molecule has 1 saturated heterocycles. The Balaban J connectivity index is 2.03. The average Bonchev–Trinajstić information content (AvgIpc) is 2.59. The maximum Gasteiger partial charge on any atom is 0.254 e. The van der Waals surface area contributed by atoms with Gasteiger partial charge in [0.25, 0.3) is 5.91 Å². The van der Waals surface area contributed by atoms with Crippen molar-refractivity contribution in [1.29, 1.82) is 0 Å². The van der Waals surface area contributed by atoms with Crippen LogP contribution >= 0.6 is 11.8 Å². The van der Waals surface area contributed by atoms with E-state index in [4.69, 9.17) is 0 Å². The van der Waals surface area contributed by atoms with Crippen LogP contribution in [-0.4, -0.2) is 59.4 Å². The summed E-state index contributed by atoms with van der Waals surface area (Å²) < 4.78 is 0. The van der Waals surface area contributed by atoms with Gasteiger partial charge in [-0.1, -0.05) is 0 Å². The molecule has 2 N–H and O–H groups in total. The van der Waals surface area contributed by atoms with E-state index in [9.17, 15) is 9.90 Å². The van der Waals surface area contributed by atoms with Crippen LogP contribution in [-0.2, 0) is 0 Å². The fourth-order valence-corrected chi connectivity index (χ4v) is 3.02. The fourth-order valence-electron chi connectivity index (χ4n) is 2.47. The third-order valence-electron chi connectivity index (χ3n) is 3.48. The Morgan fingerprint density at radius 3 is 3.15 bits per heavy atom. The molecule has 1 amide bonds. The molecular weight excluding hydrogens is 274 g/mol. The zero-order valence-corrected chi connectivity index (χ0v) is 12.7. The van der Waals surface area contributed by atoms with E-state index in [1.165, 1.54) is 11.8 Å². The second-order valence-electron chi connectivity index (χ2n) is 5.17. The molecule has 0 radical (unpaired) electrons. The van der Waals surface area contributed by atoms with Crippen molar-refractivity contribution in [2.24, 2.45) is 0 Å². The Kier molecular flexibility index (Phi) is 5.39. The molecule has 0 saturated carbocycles. The summed E-state index contributed by atoms with van der Waals surface area (Å²) in [4.78, 5) is 18.6. The molecule has 0 bridgehead atoms. The number of aliphatic hydroxyl groups excluding tert-OH is 1. The van der Waals surface area contributed by atoms with Crippen molar-refractivity contribution in [3.05, 3.63) is 23.9 Å². The van der Waals surface area contributed by atoms with Gasteiger partial charge in [-0.2, -0.15) is 0 Å². The third-order valence-corrected chi connectivity index (χ3v) is 4.19. The lowest BCUT2D eigenvalue weighted by molar-refractivity contribution is 0.0910. The summed E-state index contributed by atoms with van der Waals surface area (Å²) in [6.45, 7) is 1.54. The monoisotopic (exact) mass is 295 g/mol. The Bertz CT molecular complexity index is 469. The second-order valence-corrected chi connectivity index (χ2v) is 5.97. The van der Waals surface area contributed by atoms with E-state index in [0.29, 0.717) is 18.5 Å². The maximum absolute atomic E-state index is 12.3. The van der Waals surface area contributed by atoms with Gasteiger partial charge in [0.05, 0.1) is 11.7 Å². The van der Waals surface area contributed by atoms with Crippen LogP contribution in [0.3, 0.4) is 0 Å². The number of hydrogen-bond donors (Lipinski definition) is 2. The fraction of sp³-hybridized carbons (Fsp3) is 0.571. The molecule has 1 aromatic heterocycles. The maximum atomic E-state index is 12.3. The Labute approximate surface area is 123 Å². The van der Waals surface area contributed by atoms with Crippen molar-refractivity contribution in [1.82, 2.24) is 15.2 Å². The normalized spacial score (nSPS) is 24.1. The number of carbonyl (C=O) groups is 1. The van der Waals surface area contributed by atoms with Crippen molar-refractivity contribution >= 4 is 17.7 Å². The molecule has 0 unspecified atom stereocenters. The summed E-state index contributed by atoms with van der Waals surface area (Å²) in [7, 11) is 1.99. The van der Waals surface area contributed by atoms with E-state index in [2.05, 4.69) is 15.2 Å². The van der Waals surface area contributed by atoms with Gasteiger partial charge in [-0.05, 0) is 44.8 Å². The van der Waals surface area contributed by atoms with Gasteiger partial charge in [0.2, 0.25) is 0 Å². The van der Waals surface area contributed by atoms with Gasteiger partial charge in [0.15, 0.2) is 0 Å². The smallest absolute Gasteiger partial charge is 0.254 e. The summed E-state index contributed by atoms with van der Waals surface area (Å²) in [5.41, 5.74) is 0.604. The molecular formula is C14H21N3O2S. The number of pyridine rings is 1. The number of β-amino-alcohol motifs (C(OH)–C–C–N with tert-alkyl or cyclic N) is 1. The first kappa shape index (κ1) is 15.3. The molecule has 5 nitrogen and oxygen atoms in total. The van der Waals surface area contributed by atoms with Crippen LogP contribution < -0.4 is 5.32 Å². The Hall–Kier alpha value is -1.11. The van der Waals surface area contributed by atoms with Gasteiger partial charge in [0.1, 0.15) is 5.03 Å². The Morgan fingerprint density at radius 1 is 1.60 bits per heavy atom. The van der Waals surface area contributed by atoms with Crippen LogP contribution in [0.1, 0.15) is 23.2 Å². The van der Waals surface area contributed by atoms with Gasteiger partial charge in [0, 0.05) is 18.8 Å². The molecule has 1 aliphatic heterocycles. The van der Waals surface area contributed by atoms with E-state index in [-0.39, 0.29) is 18.1 Å². The first-order chi connectivity index (χ1) is 9.60. The van der Waals surface area contributed by atoms with E-state index < -0.39 is 0 Å². The first-order valence-corrected chi connectivity index (χ1v) is 7.99. The standard InChI is InChI=1S/C14H21N3O2S/c1-17-7-5-10(8-11(18)9-17)16-13(19)12-4-3-6-15-14(12)20-2/h3-4,6,10-11,18H,5,7-9H2,1-2H3,(H,16,19)/t10-,11-/m0/s1. The van der Waals surface area contributed by atoms with Gasteiger partial charge < -0.3 is 15.3 Å². The predicted octanol–water partition coefficient (Wildman–Crippen LogP) is 0.988. The SMILES string of the molecule is CSc1ncccc1C(=O)N[C@H]1CCN(C)C[C@@H](O)C1. The molecule has 110 valence electrons. The minimum atomic E-state index is -0.387. The van der Waals surface area contributed by atoms with Crippen LogP contribution in [0, 0.1) is 0 Å². The number of aliphatic hydroxyl groups is 1. The molecule has 6 heteroatoms. The van der Waals surface area contributed by atoms with Gasteiger partial charge in [-0.3, -0.25) is 4.79 Å². The van der Waals surface area contributed by atoms with Crippen LogP contribution in [0.5, 0.6) is 0 Å². The number of carbonyl (C=O) groups excluding carboxylic acids is 1. The molecule has 2 heterocycles. The highest BCUT2D eigenvalue weighted by atomic mass is 32.2. The predicted molar refractivity (Wildman–Crippen MR) is 80.0 cm³/mol. The number of thioether (sulfide) groups is 1. The molecule has 20 heavy (non-hydrogen) atoms. The molecule has 0 aliphatic carbocycles. The molecule has 1 aliphatic rings. The van der Waals surface area contributed by atoms with Crippen molar-refractivity contribution in [2.75, 3.05) is 26.4 Å². The van der Waals surface area contributed by atoms with E-state index >= 15 is 0 Å². The van der Waals surface area contributed by atoms with E-state index in [1.54, 1.807) is 18.3 Å². The van der Waals surface area contributed by atoms with Gasteiger partial charge in [-0.25, -0.2) is 4.98 Å². The summed E-state index contributed by atoms with van der Waals surface area (Å²) >= 11 is 1.46. The molecule has 1 fully saturated rings. The summed E-state index contributed by atoms with van der Waals surface area (Å²) in [5, 5.41) is 13.7. The molecule has 2 atom stereocenters. The Morgan fingerprint density at radius 2 is 2.40 bits per heavy atom. The second kappa shape index (κ2) is 7.06. The number of amides is 1. The first-order valence-electron chi connectivity index (χ1n) is 6.76. The topological polar surface area (TPSA) is 65.5 Å². The number of aromatic nitrogens is 1. The van der Waals surface area contributed by atoms with Crippen molar-refractivity contribution in [3.63, 3.8) is 0 Å². The zero-order valence-electron chi connectivity index (χ0n) is 11.9. The summed E-state index contributed by atoms with van der Waals surface area (Å²) in [5.74, 6) is -0.107. The number of likely N-dealkylation sites (tertiary alicyclic amines) is 1. The number of likely N-dealkylation sites (N-methyl/N-ethyl adjacent to an activating group) is 1. The van der Waals surface area contributed by atoms with Crippen LogP contribution in [0.2, 0.25) is 0 Å². The number of nitrogens with one attached hydrogen (secondary N) is 1. The molecule has 1 aromatic rings. The lowest BCUT2D eigenvalue weighted by Crippen LogP contribution is -2.37. The van der Waals surface area contributed by atoms with E-state index in [0.717, 1.165) is 18.0 Å². The minimum Gasteiger partial charge on any atom is -0.392 e. The lowest BCUT2D eigenvalue weighted by Gasteiger charge is -2.18. The number of nitrogens with zero attached hydrogens (tertiary/aromatic N) is 2. The van der Waals surface area contributed by atoms with Crippen LogP contribution in [0.25, 0.3) is 0 Å². The zero-order chi connectivity index (χ0) is 14.5. The number of rotatable bonds is 3. The van der Waals surface area contributed by atoms with E-state index in [1.807, 2.05) is 13.3 Å². The highest BCUT2D eigenvalue weighted by Crippen LogP contribution is 2.18. The van der Waals surface area contributed by atoms with Crippen molar-refractivity contribution < 1.29 is 9.90 Å². The average molecular weight is 295 g/mol. The highest BCUT2D eigenvalue weighted by molar-refractivity contribution is 7.98. The van der Waals surface area contributed by atoms with Crippen LogP contribution in [0.4, 0.5) is 0 Å². The third kappa shape index (κ3) is 3.94. The minimum absolute atomic E-state index is 0.0114. The largest absolute Gasteiger partial charge is 0.392 e. The quantitative estimate of drug-likeness (QED) is 0.814. The summed E-state index contributed by atoms with van der Waals surface area (Å²) in [6, 6.07) is 3.56. The van der Waals surface area contributed by atoms with Crippen molar-refractivity contribution in [3.8, 4) is 0 Å².